The van der Waals surface area contributed by atoms with Gasteiger partial charge in [0.2, 0.25) is 0 Å². The first-order valence-corrected chi connectivity index (χ1v) is 5.55. The Labute approximate surface area is 91.5 Å². The Morgan fingerprint density at radius 2 is 2.33 bits per heavy atom. The van der Waals surface area contributed by atoms with Gasteiger partial charge in [-0.05, 0) is 20.8 Å². The van der Waals surface area contributed by atoms with Gasteiger partial charge in [-0.3, -0.25) is 9.69 Å². The van der Waals surface area contributed by atoms with E-state index >= 15 is 0 Å². The molecule has 1 heterocycles. The van der Waals surface area contributed by atoms with E-state index in [0.29, 0.717) is 13.2 Å². The summed E-state index contributed by atoms with van der Waals surface area (Å²) < 4.78 is 10.8. The molecular formula is C11H21NO3. The van der Waals surface area contributed by atoms with Crippen molar-refractivity contribution in [2.75, 3.05) is 32.8 Å². The highest BCUT2D eigenvalue weighted by Gasteiger charge is 2.23. The van der Waals surface area contributed by atoms with Crippen LogP contribution in [0.25, 0.3) is 0 Å². The molecule has 1 saturated heterocycles. The number of Topliss-reactive ketones (excluding diaryl/α,β-unsaturated/α-hetero) is 1. The third-order valence-corrected chi connectivity index (χ3v) is 2.46. The lowest BCUT2D eigenvalue weighted by atomic mass is 10.2. The molecule has 0 aromatic heterocycles. The summed E-state index contributed by atoms with van der Waals surface area (Å²) in [5, 5.41) is 0. The van der Waals surface area contributed by atoms with Gasteiger partial charge in [-0.25, -0.2) is 0 Å². The Balaban J connectivity index is 2.21. The van der Waals surface area contributed by atoms with E-state index in [4.69, 9.17) is 9.47 Å². The Kier molecular flexibility index (Phi) is 5.22. The molecular weight excluding hydrogens is 194 g/mol. The average molecular weight is 215 g/mol. The third-order valence-electron chi connectivity index (χ3n) is 2.46. The predicted molar refractivity (Wildman–Crippen MR) is 57.9 cm³/mol. The summed E-state index contributed by atoms with van der Waals surface area (Å²) in [5.41, 5.74) is 0. The number of hydrogen-bond donors (Lipinski definition) is 0. The minimum atomic E-state index is -0.238. The Morgan fingerprint density at radius 1 is 1.60 bits per heavy atom. The number of rotatable bonds is 5. The molecule has 0 aromatic rings. The second-order valence-corrected chi connectivity index (χ2v) is 4.19. The maximum Gasteiger partial charge on any atom is 0.159 e. The number of carbonyl (C=O) groups is 1. The van der Waals surface area contributed by atoms with Crippen LogP contribution >= 0.6 is 0 Å². The van der Waals surface area contributed by atoms with Crippen molar-refractivity contribution in [1.82, 2.24) is 4.90 Å². The van der Waals surface area contributed by atoms with Crippen molar-refractivity contribution in [3.63, 3.8) is 0 Å². The highest BCUT2D eigenvalue weighted by atomic mass is 16.5. The number of hydrogen-bond acceptors (Lipinski definition) is 4. The quantitative estimate of drug-likeness (QED) is 0.677. The number of carbonyl (C=O) groups excluding carboxylic acids is 1. The van der Waals surface area contributed by atoms with Crippen LogP contribution < -0.4 is 0 Å². The highest BCUT2D eigenvalue weighted by molar-refractivity contribution is 5.80. The fourth-order valence-electron chi connectivity index (χ4n) is 1.57. The molecule has 1 aliphatic rings. The number of morpholine rings is 1. The largest absolute Gasteiger partial charge is 0.377 e. The number of nitrogens with zero attached hydrogens (tertiary/aromatic N) is 1. The second kappa shape index (κ2) is 6.20. The van der Waals surface area contributed by atoms with Crippen molar-refractivity contribution in [2.24, 2.45) is 0 Å². The monoisotopic (exact) mass is 215 g/mol. The normalized spacial score (nSPS) is 23.3. The van der Waals surface area contributed by atoms with Gasteiger partial charge in [0.1, 0.15) is 6.10 Å². The van der Waals surface area contributed by atoms with E-state index in [1.54, 1.807) is 6.92 Å². The molecule has 0 saturated carbocycles. The lowest BCUT2D eigenvalue weighted by Gasteiger charge is -2.31. The molecule has 0 spiro atoms. The topological polar surface area (TPSA) is 38.8 Å². The van der Waals surface area contributed by atoms with Crippen molar-refractivity contribution in [3.05, 3.63) is 0 Å². The zero-order chi connectivity index (χ0) is 11.3. The number of ketones is 1. The van der Waals surface area contributed by atoms with E-state index in [2.05, 4.69) is 4.90 Å². The zero-order valence-electron chi connectivity index (χ0n) is 9.86. The lowest BCUT2D eigenvalue weighted by Crippen LogP contribution is -2.46. The van der Waals surface area contributed by atoms with Crippen LogP contribution in [0.5, 0.6) is 0 Å². The molecule has 15 heavy (non-hydrogen) atoms. The maximum absolute atomic E-state index is 11.1. The summed E-state index contributed by atoms with van der Waals surface area (Å²) in [5.74, 6) is 0.115. The predicted octanol–water partition coefficient (Wildman–Crippen LogP) is 0.701. The minimum Gasteiger partial charge on any atom is -0.377 e. The van der Waals surface area contributed by atoms with E-state index in [1.807, 2.05) is 13.8 Å². The van der Waals surface area contributed by atoms with Crippen molar-refractivity contribution in [1.29, 1.82) is 0 Å². The van der Waals surface area contributed by atoms with Gasteiger partial charge in [0.15, 0.2) is 5.78 Å². The fraction of sp³-hybridized carbons (Fsp3) is 0.909. The van der Waals surface area contributed by atoms with Gasteiger partial charge in [0.25, 0.3) is 0 Å². The van der Waals surface area contributed by atoms with Crippen LogP contribution in [0, 0.1) is 0 Å². The van der Waals surface area contributed by atoms with Gasteiger partial charge >= 0.3 is 0 Å². The first-order chi connectivity index (χ1) is 7.09. The van der Waals surface area contributed by atoms with Gasteiger partial charge in [0.05, 0.1) is 19.3 Å². The van der Waals surface area contributed by atoms with E-state index in [0.717, 1.165) is 19.7 Å². The smallest absolute Gasteiger partial charge is 0.159 e. The molecule has 0 radical (unpaired) electrons. The van der Waals surface area contributed by atoms with Crippen LogP contribution in [-0.2, 0) is 14.3 Å². The molecule has 4 nitrogen and oxygen atoms in total. The van der Waals surface area contributed by atoms with Crippen LogP contribution in [0.2, 0.25) is 0 Å². The molecule has 0 aromatic carbocycles. The van der Waals surface area contributed by atoms with Crippen LogP contribution in [-0.4, -0.2) is 55.7 Å². The summed E-state index contributed by atoms with van der Waals surface area (Å²) >= 11 is 0. The minimum absolute atomic E-state index is 0.115. The first kappa shape index (κ1) is 12.6. The summed E-state index contributed by atoms with van der Waals surface area (Å²) in [7, 11) is 0. The molecule has 0 bridgehead atoms. The molecule has 0 N–H and O–H groups in total. The molecule has 1 rings (SSSR count). The number of ether oxygens (including phenoxy) is 2. The summed E-state index contributed by atoms with van der Waals surface area (Å²) in [6.07, 6.45) is 0.0347. The van der Waals surface area contributed by atoms with Crippen LogP contribution in [0.3, 0.4) is 0 Å². The maximum atomic E-state index is 11.1. The molecule has 4 heteroatoms. The summed E-state index contributed by atoms with van der Waals surface area (Å²) in [4.78, 5) is 13.4. The Morgan fingerprint density at radius 3 is 2.93 bits per heavy atom. The van der Waals surface area contributed by atoms with Crippen LogP contribution in [0.4, 0.5) is 0 Å². The van der Waals surface area contributed by atoms with Crippen molar-refractivity contribution < 1.29 is 14.3 Å². The molecule has 1 aliphatic heterocycles. The molecule has 1 fully saturated rings. The second-order valence-electron chi connectivity index (χ2n) is 4.19. The van der Waals surface area contributed by atoms with E-state index < -0.39 is 0 Å². The molecule has 88 valence electrons. The van der Waals surface area contributed by atoms with Crippen molar-refractivity contribution in [2.45, 2.75) is 33.0 Å². The molecule has 0 aliphatic carbocycles. The average Bonchev–Trinajstić information content (AvgIpc) is 2.17. The van der Waals surface area contributed by atoms with Crippen LogP contribution in [0.1, 0.15) is 20.8 Å². The van der Waals surface area contributed by atoms with Gasteiger partial charge in [0, 0.05) is 19.6 Å². The van der Waals surface area contributed by atoms with E-state index in [-0.39, 0.29) is 18.0 Å². The summed E-state index contributed by atoms with van der Waals surface area (Å²) in [6.45, 7) is 9.48. The van der Waals surface area contributed by atoms with Crippen molar-refractivity contribution in [3.8, 4) is 0 Å². The lowest BCUT2D eigenvalue weighted by molar-refractivity contribution is -0.134. The third kappa shape index (κ3) is 4.73. The van der Waals surface area contributed by atoms with Crippen molar-refractivity contribution >= 4 is 5.78 Å². The standard InChI is InChI=1S/C11H21NO3/c1-9(2)14-6-4-12-5-7-15-11(8-12)10(3)13/h9,11H,4-8H2,1-3H3/t11-/m0/s1. The Bertz CT molecular complexity index is 206. The molecule has 0 unspecified atom stereocenters. The van der Waals surface area contributed by atoms with Gasteiger partial charge < -0.3 is 9.47 Å². The highest BCUT2D eigenvalue weighted by Crippen LogP contribution is 2.05. The van der Waals surface area contributed by atoms with Gasteiger partial charge in [-0.15, -0.1) is 0 Å². The van der Waals surface area contributed by atoms with Crippen LogP contribution in [0.15, 0.2) is 0 Å². The SMILES string of the molecule is CC(=O)[C@@H]1CN(CCOC(C)C)CCO1. The van der Waals surface area contributed by atoms with E-state index in [1.165, 1.54) is 0 Å². The van der Waals surface area contributed by atoms with Gasteiger partial charge in [-0.2, -0.15) is 0 Å². The van der Waals surface area contributed by atoms with E-state index in [9.17, 15) is 4.79 Å². The Hall–Kier alpha value is -0.450. The fourth-order valence-corrected chi connectivity index (χ4v) is 1.57. The molecule has 1 atom stereocenters. The first-order valence-electron chi connectivity index (χ1n) is 5.55. The summed E-state index contributed by atoms with van der Waals surface area (Å²) in [6, 6.07) is 0. The molecule has 0 amide bonds. The van der Waals surface area contributed by atoms with Gasteiger partial charge in [-0.1, -0.05) is 0 Å². The zero-order valence-corrected chi connectivity index (χ0v) is 9.86.